The maximum absolute atomic E-state index is 12.3. The summed E-state index contributed by atoms with van der Waals surface area (Å²) < 4.78 is 0. The zero-order valence-electron chi connectivity index (χ0n) is 11.2. The van der Waals surface area contributed by atoms with Crippen LogP contribution in [0.5, 0.6) is 0 Å². The largest absolute Gasteiger partial charge is 0.304 e. The lowest BCUT2D eigenvalue weighted by Gasteiger charge is -2.16. The minimum Gasteiger partial charge on any atom is -0.304 e. The molecule has 1 aliphatic heterocycles. The molecular formula is C17H15NO2. The van der Waals surface area contributed by atoms with Gasteiger partial charge in [0.05, 0.1) is 6.54 Å². The van der Waals surface area contributed by atoms with E-state index in [9.17, 15) is 9.59 Å². The lowest BCUT2D eigenvalue weighted by Crippen LogP contribution is -2.22. The van der Waals surface area contributed by atoms with E-state index in [1.54, 1.807) is 4.90 Å². The number of fused-ring (bicyclic) bond motifs is 1. The summed E-state index contributed by atoms with van der Waals surface area (Å²) in [7, 11) is 0. The Morgan fingerprint density at radius 1 is 1.10 bits per heavy atom. The molecule has 3 rings (SSSR count). The van der Waals surface area contributed by atoms with Crippen molar-refractivity contribution in [3.63, 3.8) is 0 Å². The molecule has 0 aromatic heterocycles. The molecule has 3 nitrogen and oxygen atoms in total. The van der Waals surface area contributed by atoms with E-state index in [1.807, 2.05) is 55.5 Å². The first-order valence-corrected chi connectivity index (χ1v) is 6.65. The molecule has 1 aliphatic rings. The van der Waals surface area contributed by atoms with Gasteiger partial charge in [0, 0.05) is 17.2 Å². The molecule has 1 amide bonds. The summed E-state index contributed by atoms with van der Waals surface area (Å²) in [6.45, 7) is 2.47. The number of rotatable bonds is 3. The highest BCUT2D eigenvalue weighted by atomic mass is 16.2. The van der Waals surface area contributed by atoms with Crippen molar-refractivity contribution in [2.24, 2.45) is 0 Å². The third kappa shape index (κ3) is 2.01. The van der Waals surface area contributed by atoms with Gasteiger partial charge in [-0.1, -0.05) is 37.3 Å². The van der Waals surface area contributed by atoms with Gasteiger partial charge in [-0.25, -0.2) is 0 Å². The van der Waals surface area contributed by atoms with Gasteiger partial charge in [0.15, 0.2) is 0 Å². The van der Waals surface area contributed by atoms with Crippen molar-refractivity contribution in [3.05, 3.63) is 65.2 Å². The molecule has 0 fully saturated rings. The van der Waals surface area contributed by atoms with E-state index >= 15 is 0 Å². The molecule has 0 saturated carbocycles. The molecule has 0 saturated heterocycles. The van der Waals surface area contributed by atoms with Crippen LogP contribution in [0.25, 0.3) is 0 Å². The first-order valence-electron chi connectivity index (χ1n) is 6.65. The zero-order chi connectivity index (χ0) is 14.1. The van der Waals surface area contributed by atoms with Crippen molar-refractivity contribution in [1.29, 1.82) is 0 Å². The minimum atomic E-state index is -0.115. The second kappa shape index (κ2) is 4.93. The SMILES string of the molecule is C[C@H](C=O)c1ccc(N2Cc3ccccc3C2=O)cc1. The molecule has 0 radical (unpaired) electrons. The number of hydrogen-bond donors (Lipinski definition) is 0. The summed E-state index contributed by atoms with van der Waals surface area (Å²) >= 11 is 0. The van der Waals surface area contributed by atoms with E-state index in [0.717, 1.165) is 28.7 Å². The standard InChI is InChI=1S/C17H15NO2/c1-12(11-19)13-6-8-15(9-7-13)18-10-14-4-2-3-5-16(14)17(18)20/h2-9,11-12H,10H2,1H3/t12-/m1/s1. The van der Waals surface area contributed by atoms with Crippen LogP contribution in [0.3, 0.4) is 0 Å². The third-order valence-corrected chi connectivity index (χ3v) is 3.76. The monoisotopic (exact) mass is 265 g/mol. The number of anilines is 1. The maximum atomic E-state index is 12.3. The Labute approximate surface area is 117 Å². The topological polar surface area (TPSA) is 37.4 Å². The van der Waals surface area contributed by atoms with Gasteiger partial charge in [-0.2, -0.15) is 0 Å². The van der Waals surface area contributed by atoms with Crippen molar-refractivity contribution in [1.82, 2.24) is 0 Å². The van der Waals surface area contributed by atoms with E-state index in [0.29, 0.717) is 6.54 Å². The molecule has 2 aromatic rings. The van der Waals surface area contributed by atoms with E-state index < -0.39 is 0 Å². The van der Waals surface area contributed by atoms with Gasteiger partial charge in [-0.15, -0.1) is 0 Å². The normalized spacial score (nSPS) is 15.1. The van der Waals surface area contributed by atoms with Crippen LogP contribution in [-0.2, 0) is 11.3 Å². The summed E-state index contributed by atoms with van der Waals surface area (Å²) in [5, 5.41) is 0. The first-order chi connectivity index (χ1) is 9.70. The van der Waals surface area contributed by atoms with Crippen LogP contribution in [0.2, 0.25) is 0 Å². The number of benzene rings is 2. The molecule has 2 aromatic carbocycles. The number of carbonyl (C=O) groups excluding carboxylic acids is 2. The molecule has 3 heteroatoms. The molecule has 0 unspecified atom stereocenters. The quantitative estimate of drug-likeness (QED) is 0.799. The van der Waals surface area contributed by atoms with Crippen LogP contribution in [0.1, 0.15) is 34.3 Å². The van der Waals surface area contributed by atoms with Crippen molar-refractivity contribution in [3.8, 4) is 0 Å². The van der Waals surface area contributed by atoms with E-state index in [4.69, 9.17) is 0 Å². The Balaban J connectivity index is 1.89. The second-order valence-electron chi connectivity index (χ2n) is 5.06. The molecule has 20 heavy (non-hydrogen) atoms. The Hall–Kier alpha value is -2.42. The summed E-state index contributed by atoms with van der Waals surface area (Å²) in [4.78, 5) is 24.9. The fraction of sp³-hybridized carbons (Fsp3) is 0.176. The number of hydrogen-bond acceptors (Lipinski definition) is 2. The molecule has 1 atom stereocenters. The highest BCUT2D eigenvalue weighted by Crippen LogP contribution is 2.28. The van der Waals surface area contributed by atoms with E-state index in [-0.39, 0.29) is 11.8 Å². The highest BCUT2D eigenvalue weighted by molar-refractivity contribution is 6.09. The summed E-state index contributed by atoms with van der Waals surface area (Å²) in [5.41, 5.74) is 3.67. The Bertz CT molecular complexity index is 661. The lowest BCUT2D eigenvalue weighted by atomic mass is 10.0. The highest BCUT2D eigenvalue weighted by Gasteiger charge is 2.27. The van der Waals surface area contributed by atoms with Gasteiger partial charge in [0.1, 0.15) is 6.29 Å². The average molecular weight is 265 g/mol. The molecule has 1 heterocycles. The van der Waals surface area contributed by atoms with Crippen LogP contribution >= 0.6 is 0 Å². The van der Waals surface area contributed by atoms with Crippen molar-refractivity contribution in [2.75, 3.05) is 4.90 Å². The third-order valence-electron chi connectivity index (χ3n) is 3.76. The average Bonchev–Trinajstić information content (AvgIpc) is 2.84. The molecule has 0 spiro atoms. The summed E-state index contributed by atoms with van der Waals surface area (Å²) in [6.07, 6.45) is 0.922. The zero-order valence-corrected chi connectivity index (χ0v) is 11.2. The van der Waals surface area contributed by atoms with Crippen molar-refractivity contribution in [2.45, 2.75) is 19.4 Å². The van der Waals surface area contributed by atoms with Crippen molar-refractivity contribution >= 4 is 17.9 Å². The summed E-state index contributed by atoms with van der Waals surface area (Å²) in [6, 6.07) is 15.3. The van der Waals surface area contributed by atoms with Crippen LogP contribution in [-0.4, -0.2) is 12.2 Å². The second-order valence-corrected chi connectivity index (χ2v) is 5.06. The molecule has 100 valence electrons. The molecule has 0 N–H and O–H groups in total. The summed E-state index contributed by atoms with van der Waals surface area (Å²) in [5.74, 6) is -0.0766. The Morgan fingerprint density at radius 2 is 1.80 bits per heavy atom. The number of carbonyl (C=O) groups is 2. The molecule has 0 bridgehead atoms. The number of amides is 1. The molecule has 0 aliphatic carbocycles. The predicted molar refractivity (Wildman–Crippen MR) is 77.9 cm³/mol. The molecular weight excluding hydrogens is 250 g/mol. The van der Waals surface area contributed by atoms with Crippen molar-refractivity contribution < 1.29 is 9.59 Å². The van der Waals surface area contributed by atoms with Gasteiger partial charge >= 0.3 is 0 Å². The van der Waals surface area contributed by atoms with Gasteiger partial charge in [-0.05, 0) is 29.3 Å². The smallest absolute Gasteiger partial charge is 0.258 e. The lowest BCUT2D eigenvalue weighted by molar-refractivity contribution is -0.108. The Morgan fingerprint density at radius 3 is 2.45 bits per heavy atom. The number of nitrogens with zero attached hydrogens (tertiary/aromatic N) is 1. The van der Waals surface area contributed by atoms with Gasteiger partial charge in [0.2, 0.25) is 0 Å². The van der Waals surface area contributed by atoms with Crippen LogP contribution in [0, 0.1) is 0 Å². The van der Waals surface area contributed by atoms with Crippen LogP contribution in [0.15, 0.2) is 48.5 Å². The first kappa shape index (κ1) is 12.6. The van der Waals surface area contributed by atoms with Crippen LogP contribution < -0.4 is 4.90 Å². The van der Waals surface area contributed by atoms with Gasteiger partial charge in [-0.3, -0.25) is 4.79 Å². The van der Waals surface area contributed by atoms with Crippen LogP contribution in [0.4, 0.5) is 5.69 Å². The Kier molecular flexibility index (Phi) is 3.11. The van der Waals surface area contributed by atoms with Gasteiger partial charge in [0.25, 0.3) is 5.91 Å². The van der Waals surface area contributed by atoms with E-state index in [1.165, 1.54) is 0 Å². The minimum absolute atomic E-state index is 0.0387. The fourth-order valence-electron chi connectivity index (χ4n) is 2.50. The van der Waals surface area contributed by atoms with Gasteiger partial charge < -0.3 is 9.69 Å². The van der Waals surface area contributed by atoms with E-state index in [2.05, 4.69) is 0 Å². The maximum Gasteiger partial charge on any atom is 0.258 e. The predicted octanol–water partition coefficient (Wildman–Crippen LogP) is 3.15. The number of aldehydes is 1. The fourth-order valence-corrected chi connectivity index (χ4v) is 2.50.